The van der Waals surface area contributed by atoms with Crippen LogP contribution in [0.2, 0.25) is 0 Å². The molecule has 7 rings (SSSR count). The van der Waals surface area contributed by atoms with Gasteiger partial charge in [-0.25, -0.2) is 0 Å². The number of aromatic nitrogens is 4. The molecule has 0 saturated carbocycles. The minimum absolute atomic E-state index is 0.0472. The molecule has 2 N–H and O–H groups in total. The summed E-state index contributed by atoms with van der Waals surface area (Å²) in [4.78, 5) is 43.0. The number of nitriles is 4. The molecule has 0 aromatic carbocycles. The van der Waals surface area contributed by atoms with E-state index in [0.717, 1.165) is 39.2 Å². The summed E-state index contributed by atoms with van der Waals surface area (Å²) >= 11 is 0. The number of Topliss-reactive ketones (excluding diaryl/α,β-unsaturated/α-hetero) is 1. The van der Waals surface area contributed by atoms with Gasteiger partial charge in [-0.05, 0) is 55.2 Å². The van der Waals surface area contributed by atoms with Gasteiger partial charge in [0.15, 0.2) is 16.6 Å². The van der Waals surface area contributed by atoms with Crippen molar-refractivity contribution in [3.05, 3.63) is 81.4 Å². The number of rotatable bonds is 4. The molecular weight excluding hydrogens is 628 g/mol. The molecular formula is C39H32N8O3. The fraction of sp³-hybridized carbons (Fsp3) is 0.333. The Morgan fingerprint density at radius 3 is 2.38 bits per heavy atom. The molecule has 0 radical (unpaired) electrons. The normalized spacial score (nSPS) is 20.8. The predicted octanol–water partition coefficient (Wildman–Crippen LogP) is 6.79. The van der Waals surface area contributed by atoms with E-state index in [0.29, 0.717) is 45.5 Å². The first-order valence-electron chi connectivity index (χ1n) is 16.4. The Labute approximate surface area is 288 Å². The third-order valence-corrected chi connectivity index (χ3v) is 11.1. The lowest BCUT2D eigenvalue weighted by Crippen LogP contribution is -2.44. The van der Waals surface area contributed by atoms with Gasteiger partial charge >= 0.3 is 5.97 Å². The van der Waals surface area contributed by atoms with Crippen LogP contribution in [0.5, 0.6) is 0 Å². The van der Waals surface area contributed by atoms with Crippen LogP contribution in [0.25, 0.3) is 33.7 Å². The quantitative estimate of drug-likeness (QED) is 0.283. The van der Waals surface area contributed by atoms with Gasteiger partial charge in [0.2, 0.25) is 0 Å². The summed E-state index contributed by atoms with van der Waals surface area (Å²) in [5, 5.41) is 41.8. The number of fused-ring (bicyclic) bond motifs is 11. The van der Waals surface area contributed by atoms with Gasteiger partial charge in [0.05, 0.1) is 59.9 Å². The van der Waals surface area contributed by atoms with Crippen LogP contribution < -0.4 is 0 Å². The van der Waals surface area contributed by atoms with Crippen LogP contribution in [0.1, 0.15) is 99.3 Å². The minimum atomic E-state index is -2.07. The molecule has 11 heteroatoms. The molecule has 8 bridgehead atoms. The van der Waals surface area contributed by atoms with E-state index in [1.807, 2.05) is 32.1 Å². The minimum Gasteiger partial charge on any atom is -0.469 e. The van der Waals surface area contributed by atoms with Crippen molar-refractivity contribution in [2.75, 3.05) is 7.11 Å². The van der Waals surface area contributed by atoms with E-state index in [-0.39, 0.29) is 42.9 Å². The maximum atomic E-state index is 13.6. The molecule has 50 heavy (non-hydrogen) atoms. The van der Waals surface area contributed by atoms with Gasteiger partial charge in [-0.3, -0.25) is 19.6 Å². The lowest BCUT2D eigenvalue weighted by Gasteiger charge is -2.39. The van der Waals surface area contributed by atoms with Crippen molar-refractivity contribution in [1.82, 2.24) is 19.9 Å². The van der Waals surface area contributed by atoms with E-state index in [2.05, 4.69) is 35.6 Å². The van der Waals surface area contributed by atoms with Gasteiger partial charge in [-0.15, -0.1) is 0 Å². The molecule has 11 nitrogen and oxygen atoms in total. The summed E-state index contributed by atoms with van der Waals surface area (Å²) in [6, 6.07) is 13.7. The van der Waals surface area contributed by atoms with Crippen molar-refractivity contribution < 1.29 is 14.3 Å². The van der Waals surface area contributed by atoms with Crippen LogP contribution in [-0.4, -0.2) is 38.8 Å². The Hall–Kier alpha value is -6.30. The number of ether oxygens (including phenoxy) is 1. The number of methoxy groups -OCH3 is 1. The van der Waals surface area contributed by atoms with Crippen molar-refractivity contribution in [2.45, 2.75) is 64.2 Å². The number of nitrogens with one attached hydrogen (secondary N) is 2. The van der Waals surface area contributed by atoms with Gasteiger partial charge in [0.25, 0.3) is 0 Å². The highest BCUT2D eigenvalue weighted by Crippen LogP contribution is 2.60. The average Bonchev–Trinajstić information content (AvgIpc) is 3.89. The highest BCUT2D eigenvalue weighted by Gasteiger charge is 2.63. The monoisotopic (exact) mass is 660 g/mol. The number of hydrogen-bond donors (Lipinski definition) is 2. The molecule has 1 unspecified atom stereocenters. The highest BCUT2D eigenvalue weighted by atomic mass is 16.5. The Balaban J connectivity index is 1.62. The molecule has 0 saturated heterocycles. The fourth-order valence-corrected chi connectivity index (χ4v) is 8.27. The molecule has 4 aliphatic rings. The van der Waals surface area contributed by atoms with Crippen molar-refractivity contribution in [3.8, 4) is 24.3 Å². The third-order valence-electron chi connectivity index (χ3n) is 11.1. The van der Waals surface area contributed by atoms with E-state index >= 15 is 0 Å². The van der Waals surface area contributed by atoms with Crippen LogP contribution in [0.15, 0.2) is 30.9 Å². The summed E-state index contributed by atoms with van der Waals surface area (Å²) < 4.78 is 4.96. The number of ketones is 1. The van der Waals surface area contributed by atoms with Gasteiger partial charge in [0.1, 0.15) is 0 Å². The molecule has 3 atom stereocenters. The van der Waals surface area contributed by atoms with E-state index in [4.69, 9.17) is 14.7 Å². The molecule has 0 spiro atoms. The van der Waals surface area contributed by atoms with Gasteiger partial charge in [-0.2, -0.15) is 21.0 Å². The smallest absolute Gasteiger partial charge is 0.305 e. The molecule has 5 heterocycles. The van der Waals surface area contributed by atoms with Crippen molar-refractivity contribution in [2.24, 2.45) is 10.8 Å². The van der Waals surface area contributed by atoms with Crippen molar-refractivity contribution in [3.63, 3.8) is 0 Å². The Kier molecular flexibility index (Phi) is 7.36. The summed E-state index contributed by atoms with van der Waals surface area (Å²) in [5.74, 6) is -1.61. The van der Waals surface area contributed by atoms with Gasteiger partial charge in [-0.1, -0.05) is 25.7 Å². The number of carbonyl (C=O) groups is 2. The number of aryl methyl sites for hydroxylation is 2. The summed E-state index contributed by atoms with van der Waals surface area (Å²) in [6.45, 7) is 9.92. The predicted molar refractivity (Wildman–Crippen MR) is 184 cm³/mol. The number of aromatic amines is 2. The molecule has 2 aliphatic carbocycles. The number of carbonyl (C=O) groups excluding carboxylic acids is 2. The molecule has 3 aromatic heterocycles. The maximum Gasteiger partial charge on any atom is 0.305 e. The SMILES string of the molecule is C=Cc1c(C)c2cc3nc(c4c5[nH]c(cc6nc(cc1[nH]2)C1C6=CCC(C#N)(C#N)C1(C#N)C#N)c(C)c5C(=O)C4)[C@@H](CCC(=O)OC)[C@@H]3C. The van der Waals surface area contributed by atoms with E-state index in [1.165, 1.54) is 7.11 Å². The third kappa shape index (κ3) is 4.24. The summed E-state index contributed by atoms with van der Waals surface area (Å²) in [6.07, 6.45) is 4.18. The maximum absolute atomic E-state index is 13.6. The Morgan fingerprint density at radius 1 is 1.02 bits per heavy atom. The second-order valence-corrected chi connectivity index (χ2v) is 13.4. The van der Waals surface area contributed by atoms with Crippen molar-refractivity contribution >= 4 is 45.5 Å². The Morgan fingerprint density at radius 2 is 1.72 bits per heavy atom. The lowest BCUT2D eigenvalue weighted by molar-refractivity contribution is -0.140. The van der Waals surface area contributed by atoms with Crippen LogP contribution in [-0.2, 0) is 16.0 Å². The number of esters is 1. The van der Waals surface area contributed by atoms with E-state index < -0.39 is 16.7 Å². The largest absolute Gasteiger partial charge is 0.469 e. The van der Waals surface area contributed by atoms with Crippen LogP contribution in [0.3, 0.4) is 0 Å². The topological polar surface area (TPSA) is 196 Å². The summed E-state index contributed by atoms with van der Waals surface area (Å²) in [5.41, 5.74) is 5.30. The highest BCUT2D eigenvalue weighted by molar-refractivity contribution is 6.13. The second kappa shape index (κ2) is 11.4. The second-order valence-electron chi connectivity index (χ2n) is 13.4. The average molecular weight is 661 g/mol. The zero-order chi connectivity index (χ0) is 35.7. The lowest BCUT2D eigenvalue weighted by atomic mass is 9.53. The van der Waals surface area contributed by atoms with E-state index in [9.17, 15) is 30.6 Å². The zero-order valence-electron chi connectivity index (χ0n) is 28.1. The fourth-order valence-electron chi connectivity index (χ4n) is 8.27. The van der Waals surface area contributed by atoms with Gasteiger partial charge < -0.3 is 14.7 Å². The molecule has 3 aromatic rings. The first-order chi connectivity index (χ1) is 24.0. The molecule has 2 aliphatic heterocycles. The zero-order valence-corrected chi connectivity index (χ0v) is 28.1. The Bertz CT molecular complexity index is 2420. The van der Waals surface area contributed by atoms with Crippen LogP contribution >= 0.6 is 0 Å². The molecule has 0 amide bonds. The molecule has 246 valence electrons. The number of allylic oxidation sites excluding steroid dienone is 2. The van der Waals surface area contributed by atoms with Crippen molar-refractivity contribution in [1.29, 1.82) is 21.0 Å². The first kappa shape index (κ1) is 32.3. The summed E-state index contributed by atoms with van der Waals surface area (Å²) in [7, 11) is 1.37. The van der Waals surface area contributed by atoms with E-state index in [1.54, 1.807) is 24.3 Å². The van der Waals surface area contributed by atoms with Crippen LogP contribution in [0, 0.1) is 70.0 Å². The standard InChI is InChI=1S/C39H32N8O3/c1-6-22-19(2)26-12-27-20(3)23(7-8-33(49)50-5)36(46-27)25-11-32(48)34-21(4)28(47-37(25)34)13-30-24-9-10-38(15-40,16-41)39(17-42,18-43)35(24)31(45-30)14-29(22)44-26/h6,9,12-14,20,23,35,44,47H,1,7-8,10-11H2,2-5H3/t20-,23-,35?/m0/s1. The number of H-pyrrole nitrogens is 2. The first-order valence-corrected chi connectivity index (χ1v) is 16.4. The number of nitrogens with zero attached hydrogens (tertiary/aromatic N) is 6. The number of hydrogen-bond acceptors (Lipinski definition) is 9. The van der Waals surface area contributed by atoms with Crippen LogP contribution in [0.4, 0.5) is 0 Å². The van der Waals surface area contributed by atoms with Gasteiger partial charge in [0, 0.05) is 70.0 Å². The molecule has 0 fully saturated rings.